The number of aryl methyl sites for hydroxylation is 1. The van der Waals surface area contributed by atoms with E-state index in [-0.39, 0.29) is 29.8 Å². The Morgan fingerprint density at radius 3 is 1.69 bits per heavy atom. The average Bonchev–Trinajstić information content (AvgIpc) is 3.93. The van der Waals surface area contributed by atoms with E-state index in [0.29, 0.717) is 28.7 Å². The summed E-state index contributed by atoms with van der Waals surface area (Å²) in [6.45, 7) is 4.78. The van der Waals surface area contributed by atoms with Gasteiger partial charge >= 0.3 is 18.3 Å². The zero-order valence-electron chi connectivity index (χ0n) is 26.6. The summed E-state index contributed by atoms with van der Waals surface area (Å²) in [6, 6.07) is 9.75. The number of aromatic amines is 2. The van der Waals surface area contributed by atoms with Crippen LogP contribution in [0.4, 0.5) is 26.3 Å². The number of amidine groups is 2. The molecule has 280 valence electrons. The predicted octanol–water partition coefficient (Wildman–Crippen LogP) is 3.51. The molecule has 25 heteroatoms. The number of hydrogen-bond donors (Lipinski definition) is 6. The second-order valence-electron chi connectivity index (χ2n) is 9.04. The Morgan fingerprint density at radius 2 is 1.33 bits per heavy atom. The van der Waals surface area contributed by atoms with Crippen molar-refractivity contribution < 1.29 is 40.6 Å². The maximum atomic E-state index is 12.5. The number of hydrogen-bond acceptors (Lipinski definition) is 13. The van der Waals surface area contributed by atoms with Crippen molar-refractivity contribution in [3.8, 4) is 23.0 Å². The SMILES string of the molecule is C1CCOC1.CCOC(=O)C(F)(F)F.Cc1nc(-c2cccc(-c3n[nH]c(C(F)(F)F)n3)n2)n[nH]1.NC(=NCl)c1cccc(C(N)=NCl)n1.NN. The van der Waals surface area contributed by atoms with Crippen molar-refractivity contribution in [3.05, 3.63) is 59.4 Å². The number of aromatic nitrogens is 8. The molecule has 51 heavy (non-hydrogen) atoms. The fourth-order valence-corrected chi connectivity index (χ4v) is 3.35. The van der Waals surface area contributed by atoms with Crippen LogP contribution in [0.15, 0.2) is 45.4 Å². The summed E-state index contributed by atoms with van der Waals surface area (Å²) < 4.78 is 86.1. The van der Waals surface area contributed by atoms with Crippen molar-refractivity contribution in [2.45, 2.75) is 39.0 Å². The van der Waals surface area contributed by atoms with Crippen LogP contribution in [-0.2, 0) is 20.4 Å². The van der Waals surface area contributed by atoms with Crippen LogP contribution in [0, 0.1) is 6.92 Å². The molecule has 1 aliphatic heterocycles. The summed E-state index contributed by atoms with van der Waals surface area (Å²) in [5, 5.41) is 12.0. The topological polar surface area (TPSA) is 273 Å². The highest BCUT2D eigenvalue weighted by atomic mass is 35.5. The third-order valence-corrected chi connectivity index (χ3v) is 5.71. The zero-order chi connectivity index (χ0) is 38.6. The highest BCUT2D eigenvalue weighted by Gasteiger charge is 2.40. The normalized spacial score (nSPS) is 12.9. The summed E-state index contributed by atoms with van der Waals surface area (Å²) in [5.41, 5.74) is 12.3. The van der Waals surface area contributed by atoms with Crippen LogP contribution in [0.5, 0.6) is 0 Å². The van der Waals surface area contributed by atoms with Crippen LogP contribution in [0.3, 0.4) is 0 Å². The first kappa shape index (κ1) is 44.1. The lowest BCUT2D eigenvalue weighted by Gasteiger charge is -2.02. The molecule has 1 aliphatic rings. The molecule has 0 aromatic carbocycles. The number of nitrogens with two attached hydrogens (primary N) is 4. The minimum atomic E-state index is -4.85. The number of esters is 1. The van der Waals surface area contributed by atoms with Gasteiger partial charge in [0.15, 0.2) is 23.3 Å². The smallest absolute Gasteiger partial charge is 0.459 e. The van der Waals surface area contributed by atoms with Gasteiger partial charge in [0.25, 0.3) is 0 Å². The Bertz CT molecular complexity index is 1660. The Morgan fingerprint density at radius 1 is 0.843 bits per heavy atom. The van der Waals surface area contributed by atoms with Gasteiger partial charge in [-0.15, -0.1) is 0 Å². The molecule has 0 bridgehead atoms. The summed E-state index contributed by atoms with van der Waals surface area (Å²) in [7, 11) is 0. The first-order chi connectivity index (χ1) is 24.1. The van der Waals surface area contributed by atoms with E-state index in [4.69, 9.17) is 39.8 Å². The molecule has 4 aromatic rings. The molecule has 1 fully saturated rings. The first-order valence-electron chi connectivity index (χ1n) is 14.0. The van der Waals surface area contributed by atoms with Crippen molar-refractivity contribution in [2.75, 3.05) is 19.8 Å². The molecule has 0 saturated carbocycles. The van der Waals surface area contributed by atoms with Gasteiger partial charge in [0.05, 0.1) is 6.61 Å². The summed E-state index contributed by atoms with van der Waals surface area (Å²) >= 11 is 10.4. The van der Waals surface area contributed by atoms with Crippen LogP contribution >= 0.6 is 23.6 Å². The van der Waals surface area contributed by atoms with Gasteiger partial charge in [0.2, 0.25) is 5.82 Å². The highest BCUT2D eigenvalue weighted by Crippen LogP contribution is 2.27. The van der Waals surface area contributed by atoms with Gasteiger partial charge in [-0.05, 0) is 51.0 Å². The number of H-pyrrole nitrogens is 2. The van der Waals surface area contributed by atoms with Gasteiger partial charge in [-0.1, -0.05) is 12.1 Å². The van der Waals surface area contributed by atoms with E-state index in [1.54, 1.807) is 37.3 Å². The number of nitrogens with zero attached hydrogens (tertiary/aromatic N) is 8. The van der Waals surface area contributed by atoms with Gasteiger partial charge in [-0.25, -0.2) is 24.7 Å². The third-order valence-electron chi connectivity index (χ3n) is 5.35. The minimum absolute atomic E-state index is 0.107. The quantitative estimate of drug-likeness (QED) is 0.0424. The molecular weight excluding hydrogens is 741 g/mol. The maximum absolute atomic E-state index is 12.5. The lowest BCUT2D eigenvalue weighted by molar-refractivity contribution is -0.199. The van der Waals surface area contributed by atoms with Gasteiger partial charge in [0, 0.05) is 36.8 Å². The predicted molar refractivity (Wildman–Crippen MR) is 173 cm³/mol. The molecular formula is C26H32Cl2F6N14O3. The molecule has 0 radical (unpaired) electrons. The van der Waals surface area contributed by atoms with Crippen molar-refractivity contribution in [1.82, 2.24) is 40.3 Å². The molecule has 0 atom stereocenters. The van der Waals surface area contributed by atoms with E-state index < -0.39 is 24.1 Å². The van der Waals surface area contributed by atoms with Crippen LogP contribution in [0.25, 0.3) is 23.0 Å². The number of rotatable bonds is 5. The number of carbonyl (C=O) groups is 1. The Labute approximate surface area is 295 Å². The molecule has 0 amide bonds. The zero-order valence-corrected chi connectivity index (χ0v) is 28.1. The molecule has 0 aliphatic carbocycles. The van der Waals surface area contributed by atoms with Crippen molar-refractivity contribution >= 4 is 41.2 Å². The van der Waals surface area contributed by atoms with Crippen LogP contribution in [0.2, 0.25) is 0 Å². The maximum Gasteiger partial charge on any atom is 0.490 e. The molecule has 1 saturated heterocycles. The number of carbonyl (C=O) groups excluding carboxylic acids is 1. The number of alkyl halides is 6. The minimum Gasteiger partial charge on any atom is -0.459 e. The van der Waals surface area contributed by atoms with Crippen LogP contribution in [0.1, 0.15) is 42.8 Å². The second kappa shape index (κ2) is 22.0. The number of nitrogens with one attached hydrogen (secondary N) is 2. The van der Waals surface area contributed by atoms with E-state index in [1.807, 2.05) is 5.10 Å². The Balaban J connectivity index is 0.000000373. The number of hydrazine groups is 1. The Kier molecular flexibility index (Phi) is 19.0. The van der Waals surface area contributed by atoms with E-state index >= 15 is 0 Å². The molecule has 0 spiro atoms. The standard InChI is InChI=1S/C11H8F3N7.C7H7Cl2N5.C4H5F3O2.C4H8O.H4N2/c1-5-15-8(19-18-5)6-3-2-4-7(16-6)9-17-10(21-20-9)11(12,13)14;8-13-6(10)4-2-1-3-5(12-4)7(11)14-9;1-2-9-3(8)4(5,6)7;1-2-4-5-3-1;1-2/h2-4H,1H3,(H,15,18,19)(H,17,20,21);1-3H,(H2,10,13)(H2,11,14);2H2,1H3;1-4H2;1-2H2. The monoisotopic (exact) mass is 772 g/mol. The fraction of sp³-hybridized carbons (Fsp3) is 0.346. The highest BCUT2D eigenvalue weighted by molar-refractivity contribution is 6.22. The third kappa shape index (κ3) is 15.6. The van der Waals surface area contributed by atoms with Crippen molar-refractivity contribution in [1.29, 1.82) is 0 Å². The summed E-state index contributed by atoms with van der Waals surface area (Å²) in [6.07, 6.45) is -6.88. The number of halogens is 8. The molecule has 10 N–H and O–H groups in total. The van der Waals surface area contributed by atoms with E-state index in [0.717, 1.165) is 13.2 Å². The molecule has 0 unspecified atom stereocenters. The van der Waals surface area contributed by atoms with E-state index in [1.165, 1.54) is 25.8 Å². The fourth-order valence-electron chi connectivity index (χ4n) is 3.17. The Hall–Kier alpha value is -4.97. The number of ether oxygens (including phenoxy) is 2. The van der Waals surface area contributed by atoms with E-state index in [9.17, 15) is 31.1 Å². The van der Waals surface area contributed by atoms with Crippen LogP contribution < -0.4 is 23.2 Å². The molecule has 5 heterocycles. The molecule has 4 aromatic heterocycles. The van der Waals surface area contributed by atoms with Crippen molar-refractivity contribution in [3.63, 3.8) is 0 Å². The van der Waals surface area contributed by atoms with E-state index in [2.05, 4.69) is 60.7 Å². The molecule has 17 nitrogen and oxygen atoms in total. The van der Waals surface area contributed by atoms with Crippen molar-refractivity contribution in [2.24, 2.45) is 32.2 Å². The number of pyridine rings is 2. The van der Waals surface area contributed by atoms with Gasteiger partial charge in [-0.3, -0.25) is 21.9 Å². The lowest BCUT2D eigenvalue weighted by Crippen LogP contribution is -2.25. The summed E-state index contributed by atoms with van der Waals surface area (Å²) in [5.74, 6) is 5.72. The van der Waals surface area contributed by atoms with Gasteiger partial charge < -0.3 is 20.9 Å². The average molecular weight is 774 g/mol. The molecule has 5 rings (SSSR count). The largest absolute Gasteiger partial charge is 0.490 e. The van der Waals surface area contributed by atoms with Crippen LogP contribution in [-0.4, -0.2) is 84.0 Å². The summed E-state index contributed by atoms with van der Waals surface area (Å²) in [4.78, 5) is 25.4. The lowest BCUT2D eigenvalue weighted by atomic mass is 10.3. The second-order valence-corrected chi connectivity index (χ2v) is 9.38. The first-order valence-corrected chi connectivity index (χ1v) is 14.7. The van der Waals surface area contributed by atoms with Gasteiger partial charge in [-0.2, -0.15) is 45.6 Å². The van der Waals surface area contributed by atoms with Gasteiger partial charge in [0.1, 0.15) is 28.6 Å².